The standard InChI is InChI=1S/C17H16Cl2N6/c18-14-9-23-17(19)25-16(14)24-13-3-4-15(21)11(6-13)2-1-10-5-12(20)8-22-7-10/h3-9H,1-2,20-21H2,(H,23,24,25). The highest BCUT2D eigenvalue weighted by Gasteiger charge is 2.07. The zero-order valence-corrected chi connectivity index (χ0v) is 14.7. The molecule has 25 heavy (non-hydrogen) atoms. The van der Waals surface area contributed by atoms with Crippen LogP contribution in [0.4, 0.5) is 22.9 Å². The first-order valence-electron chi connectivity index (χ1n) is 7.54. The van der Waals surface area contributed by atoms with Crippen LogP contribution in [0.15, 0.2) is 42.9 Å². The third-order valence-corrected chi connectivity index (χ3v) is 4.08. The molecule has 2 aromatic heterocycles. The lowest BCUT2D eigenvalue weighted by Crippen LogP contribution is -2.01. The van der Waals surface area contributed by atoms with E-state index >= 15 is 0 Å². The first-order valence-corrected chi connectivity index (χ1v) is 8.30. The van der Waals surface area contributed by atoms with Crippen LogP contribution in [0.25, 0.3) is 0 Å². The van der Waals surface area contributed by atoms with Gasteiger partial charge in [-0.25, -0.2) is 4.98 Å². The van der Waals surface area contributed by atoms with Crippen LogP contribution in [0.5, 0.6) is 0 Å². The first kappa shape index (κ1) is 17.3. The number of nitrogen functional groups attached to an aromatic ring is 2. The maximum absolute atomic E-state index is 6.09. The molecule has 0 atom stereocenters. The average molecular weight is 375 g/mol. The molecule has 3 aromatic rings. The molecule has 8 heteroatoms. The normalized spacial score (nSPS) is 10.6. The number of pyridine rings is 1. The van der Waals surface area contributed by atoms with Crippen molar-refractivity contribution in [3.8, 4) is 0 Å². The molecule has 0 fully saturated rings. The second-order valence-electron chi connectivity index (χ2n) is 5.50. The van der Waals surface area contributed by atoms with Gasteiger partial charge in [0, 0.05) is 23.8 Å². The van der Waals surface area contributed by atoms with Crippen LogP contribution in [-0.4, -0.2) is 15.0 Å². The summed E-state index contributed by atoms with van der Waals surface area (Å²) in [5.74, 6) is 0.442. The van der Waals surface area contributed by atoms with Crippen LogP contribution in [0.1, 0.15) is 11.1 Å². The van der Waals surface area contributed by atoms with Crippen molar-refractivity contribution in [1.82, 2.24) is 15.0 Å². The van der Waals surface area contributed by atoms with Crippen molar-refractivity contribution in [1.29, 1.82) is 0 Å². The van der Waals surface area contributed by atoms with Crippen LogP contribution in [-0.2, 0) is 12.8 Å². The minimum Gasteiger partial charge on any atom is -0.399 e. The Labute approximate surface area is 155 Å². The number of nitrogens with one attached hydrogen (secondary N) is 1. The van der Waals surface area contributed by atoms with Crippen molar-refractivity contribution >= 4 is 46.1 Å². The molecule has 128 valence electrons. The summed E-state index contributed by atoms with van der Waals surface area (Å²) in [6.07, 6.45) is 6.41. The molecular weight excluding hydrogens is 359 g/mol. The quantitative estimate of drug-likeness (QED) is 0.462. The average Bonchev–Trinajstić information content (AvgIpc) is 2.58. The fraction of sp³-hybridized carbons (Fsp3) is 0.118. The molecule has 0 aliphatic carbocycles. The van der Waals surface area contributed by atoms with E-state index in [1.54, 1.807) is 12.4 Å². The lowest BCUT2D eigenvalue weighted by atomic mass is 10.0. The summed E-state index contributed by atoms with van der Waals surface area (Å²) in [6, 6.07) is 7.56. The Balaban J connectivity index is 1.77. The highest BCUT2D eigenvalue weighted by molar-refractivity contribution is 6.33. The van der Waals surface area contributed by atoms with Crippen molar-refractivity contribution in [2.75, 3.05) is 16.8 Å². The number of rotatable bonds is 5. The van der Waals surface area contributed by atoms with Gasteiger partial charge in [-0.1, -0.05) is 11.6 Å². The SMILES string of the molecule is Nc1cncc(CCc2cc(Nc3nc(Cl)ncc3Cl)ccc2N)c1. The van der Waals surface area contributed by atoms with Gasteiger partial charge < -0.3 is 16.8 Å². The van der Waals surface area contributed by atoms with Gasteiger partial charge in [-0.2, -0.15) is 4.98 Å². The van der Waals surface area contributed by atoms with Crippen molar-refractivity contribution in [2.45, 2.75) is 12.8 Å². The molecule has 0 aliphatic rings. The molecule has 5 N–H and O–H groups in total. The number of aryl methyl sites for hydroxylation is 2. The second kappa shape index (κ2) is 7.55. The molecule has 0 bridgehead atoms. The van der Waals surface area contributed by atoms with E-state index in [1.807, 2.05) is 24.3 Å². The van der Waals surface area contributed by atoms with Crippen LogP contribution < -0.4 is 16.8 Å². The largest absolute Gasteiger partial charge is 0.399 e. The van der Waals surface area contributed by atoms with E-state index in [9.17, 15) is 0 Å². The molecule has 0 saturated heterocycles. The molecule has 0 amide bonds. The summed E-state index contributed by atoms with van der Waals surface area (Å²) < 4.78 is 0. The van der Waals surface area contributed by atoms with Crippen LogP contribution >= 0.6 is 23.2 Å². The molecule has 0 saturated carbocycles. The zero-order valence-electron chi connectivity index (χ0n) is 13.2. The van der Waals surface area contributed by atoms with Crippen molar-refractivity contribution in [3.63, 3.8) is 0 Å². The molecular formula is C17H16Cl2N6. The van der Waals surface area contributed by atoms with Gasteiger partial charge in [-0.05, 0) is 59.8 Å². The lowest BCUT2D eigenvalue weighted by molar-refractivity contribution is 0.953. The van der Waals surface area contributed by atoms with Gasteiger partial charge in [0.25, 0.3) is 0 Å². The van der Waals surface area contributed by atoms with Gasteiger partial charge >= 0.3 is 0 Å². The van der Waals surface area contributed by atoms with Gasteiger partial charge in [0.15, 0.2) is 5.82 Å². The second-order valence-corrected chi connectivity index (χ2v) is 6.25. The third-order valence-electron chi connectivity index (χ3n) is 3.62. The lowest BCUT2D eigenvalue weighted by Gasteiger charge is -2.11. The highest BCUT2D eigenvalue weighted by atomic mass is 35.5. The molecule has 3 rings (SSSR count). The number of hydrogen-bond acceptors (Lipinski definition) is 6. The number of nitrogens with zero attached hydrogens (tertiary/aromatic N) is 3. The minimum atomic E-state index is 0.122. The Morgan fingerprint density at radius 1 is 1.00 bits per heavy atom. The Morgan fingerprint density at radius 3 is 2.64 bits per heavy atom. The van der Waals surface area contributed by atoms with Gasteiger partial charge in [0.1, 0.15) is 5.02 Å². The number of nitrogens with two attached hydrogens (primary N) is 2. The summed E-state index contributed by atoms with van der Waals surface area (Å²) in [5, 5.41) is 3.64. The molecule has 6 nitrogen and oxygen atoms in total. The van der Waals surface area contributed by atoms with Gasteiger partial charge in [0.2, 0.25) is 5.28 Å². The van der Waals surface area contributed by atoms with Gasteiger partial charge in [-0.15, -0.1) is 0 Å². The van der Waals surface area contributed by atoms with Crippen molar-refractivity contribution in [2.24, 2.45) is 0 Å². The van der Waals surface area contributed by atoms with E-state index < -0.39 is 0 Å². The van der Waals surface area contributed by atoms with Gasteiger partial charge in [0.05, 0.1) is 11.9 Å². The van der Waals surface area contributed by atoms with E-state index in [4.69, 9.17) is 34.7 Å². The van der Waals surface area contributed by atoms with Crippen molar-refractivity contribution < 1.29 is 0 Å². The van der Waals surface area contributed by atoms with Crippen LogP contribution in [0, 0.1) is 0 Å². The topological polar surface area (TPSA) is 103 Å². The smallest absolute Gasteiger partial charge is 0.224 e. The predicted octanol–water partition coefficient (Wildman–Crippen LogP) is 3.87. The summed E-state index contributed by atoms with van der Waals surface area (Å²) in [6.45, 7) is 0. The molecule has 2 heterocycles. The number of hydrogen-bond donors (Lipinski definition) is 3. The first-order chi connectivity index (χ1) is 12.0. The van der Waals surface area contributed by atoms with E-state index in [0.29, 0.717) is 22.2 Å². The Morgan fingerprint density at radius 2 is 1.84 bits per heavy atom. The molecule has 0 spiro atoms. The molecule has 0 aliphatic heterocycles. The summed E-state index contributed by atoms with van der Waals surface area (Å²) in [4.78, 5) is 12.0. The van der Waals surface area contributed by atoms with Crippen LogP contribution in [0.2, 0.25) is 10.3 Å². The predicted molar refractivity (Wildman–Crippen MR) is 102 cm³/mol. The monoisotopic (exact) mass is 374 g/mol. The molecule has 0 unspecified atom stereocenters. The minimum absolute atomic E-state index is 0.122. The van der Waals surface area contributed by atoms with Crippen LogP contribution in [0.3, 0.4) is 0 Å². The number of anilines is 4. The fourth-order valence-corrected chi connectivity index (χ4v) is 2.67. The van der Waals surface area contributed by atoms with E-state index in [-0.39, 0.29) is 5.28 Å². The fourth-order valence-electron chi connectivity index (χ4n) is 2.39. The number of aromatic nitrogens is 3. The van der Waals surface area contributed by atoms with E-state index in [0.717, 1.165) is 29.7 Å². The summed E-state index contributed by atoms with van der Waals surface area (Å²) in [5.41, 5.74) is 16.1. The van der Waals surface area contributed by atoms with Crippen molar-refractivity contribution in [3.05, 3.63) is 64.3 Å². The molecule has 1 aromatic carbocycles. The highest BCUT2D eigenvalue weighted by Crippen LogP contribution is 2.26. The van der Waals surface area contributed by atoms with E-state index in [2.05, 4.69) is 20.3 Å². The Hall–Kier alpha value is -2.57. The summed E-state index contributed by atoms with van der Waals surface area (Å²) >= 11 is 11.9. The van der Waals surface area contributed by atoms with Gasteiger partial charge in [-0.3, -0.25) is 4.98 Å². The maximum Gasteiger partial charge on any atom is 0.224 e. The summed E-state index contributed by atoms with van der Waals surface area (Å²) in [7, 11) is 0. The Kier molecular flexibility index (Phi) is 5.21. The molecule has 0 radical (unpaired) electrons. The third kappa shape index (κ3) is 4.49. The zero-order chi connectivity index (χ0) is 17.8. The number of halogens is 2. The van der Waals surface area contributed by atoms with E-state index in [1.165, 1.54) is 6.20 Å². The maximum atomic E-state index is 6.09. The Bertz CT molecular complexity index is 900. The number of benzene rings is 1.